The predicted molar refractivity (Wildman–Crippen MR) is 75.0 cm³/mol. The van der Waals surface area contributed by atoms with Crippen molar-refractivity contribution in [3.8, 4) is 5.75 Å². The standard InChI is InChI=1S/C15H15FN2O2/c1-20-13-8-3-2-7-12(13)14(15(17)19)18-11-6-4-5-10(16)9-11/h2-9,14,18H,1H3,(H2,17,19). The minimum atomic E-state index is -0.798. The van der Waals surface area contributed by atoms with Crippen LogP contribution in [0.15, 0.2) is 48.5 Å². The van der Waals surface area contributed by atoms with Crippen molar-refractivity contribution in [2.75, 3.05) is 12.4 Å². The summed E-state index contributed by atoms with van der Waals surface area (Å²) in [5.41, 5.74) is 6.50. The molecule has 0 saturated carbocycles. The van der Waals surface area contributed by atoms with E-state index in [0.29, 0.717) is 17.0 Å². The molecule has 1 unspecified atom stereocenters. The van der Waals surface area contributed by atoms with Crippen LogP contribution in [0.1, 0.15) is 11.6 Å². The van der Waals surface area contributed by atoms with Gasteiger partial charge in [0.1, 0.15) is 17.6 Å². The fraction of sp³-hybridized carbons (Fsp3) is 0.133. The molecule has 0 bridgehead atoms. The minimum Gasteiger partial charge on any atom is -0.496 e. The summed E-state index contributed by atoms with van der Waals surface area (Å²) < 4.78 is 18.4. The maximum absolute atomic E-state index is 13.2. The molecule has 2 aromatic carbocycles. The highest BCUT2D eigenvalue weighted by Gasteiger charge is 2.21. The number of carbonyl (C=O) groups excluding carboxylic acids is 1. The summed E-state index contributed by atoms with van der Waals surface area (Å²) in [5, 5.41) is 2.92. The van der Waals surface area contributed by atoms with Crippen molar-refractivity contribution in [1.82, 2.24) is 0 Å². The van der Waals surface area contributed by atoms with Crippen LogP contribution in [0.3, 0.4) is 0 Å². The normalized spacial score (nSPS) is 11.7. The van der Waals surface area contributed by atoms with E-state index in [1.54, 1.807) is 36.4 Å². The Balaban J connectivity index is 2.34. The van der Waals surface area contributed by atoms with E-state index in [9.17, 15) is 9.18 Å². The number of anilines is 1. The Hall–Kier alpha value is -2.56. The Morgan fingerprint density at radius 2 is 2.00 bits per heavy atom. The number of amides is 1. The molecule has 0 spiro atoms. The number of nitrogens with one attached hydrogen (secondary N) is 1. The van der Waals surface area contributed by atoms with Crippen LogP contribution in [-0.4, -0.2) is 13.0 Å². The van der Waals surface area contributed by atoms with E-state index in [0.717, 1.165) is 0 Å². The second kappa shape index (κ2) is 6.06. The second-order valence-corrected chi connectivity index (χ2v) is 4.23. The molecule has 4 nitrogen and oxygen atoms in total. The summed E-state index contributed by atoms with van der Waals surface area (Å²) in [6.45, 7) is 0. The van der Waals surface area contributed by atoms with Crippen molar-refractivity contribution in [1.29, 1.82) is 0 Å². The zero-order valence-electron chi connectivity index (χ0n) is 11.0. The zero-order valence-corrected chi connectivity index (χ0v) is 11.0. The monoisotopic (exact) mass is 274 g/mol. The number of hydrogen-bond acceptors (Lipinski definition) is 3. The maximum atomic E-state index is 13.2. The number of ether oxygens (including phenoxy) is 1. The molecule has 3 N–H and O–H groups in total. The topological polar surface area (TPSA) is 64.3 Å². The number of benzene rings is 2. The van der Waals surface area contributed by atoms with Crippen molar-refractivity contribution in [3.63, 3.8) is 0 Å². The first-order valence-corrected chi connectivity index (χ1v) is 6.06. The average molecular weight is 274 g/mol. The Labute approximate surface area is 116 Å². The Bertz CT molecular complexity index is 616. The average Bonchev–Trinajstić information content (AvgIpc) is 2.44. The van der Waals surface area contributed by atoms with E-state index >= 15 is 0 Å². The van der Waals surface area contributed by atoms with E-state index in [-0.39, 0.29) is 0 Å². The molecule has 2 aromatic rings. The molecule has 104 valence electrons. The van der Waals surface area contributed by atoms with Crippen molar-refractivity contribution < 1.29 is 13.9 Å². The Morgan fingerprint density at radius 3 is 2.65 bits per heavy atom. The lowest BCUT2D eigenvalue weighted by Gasteiger charge is -2.19. The first kappa shape index (κ1) is 13.9. The van der Waals surface area contributed by atoms with Gasteiger partial charge >= 0.3 is 0 Å². The van der Waals surface area contributed by atoms with Gasteiger partial charge in [0, 0.05) is 11.3 Å². The Kier molecular flexibility index (Phi) is 4.20. The quantitative estimate of drug-likeness (QED) is 0.880. The summed E-state index contributed by atoms with van der Waals surface area (Å²) in [5.74, 6) is -0.419. The summed E-state index contributed by atoms with van der Waals surface area (Å²) in [7, 11) is 1.51. The Morgan fingerprint density at radius 1 is 1.25 bits per heavy atom. The molecule has 0 radical (unpaired) electrons. The lowest BCUT2D eigenvalue weighted by atomic mass is 10.0. The van der Waals surface area contributed by atoms with Gasteiger partial charge in [0.2, 0.25) is 5.91 Å². The number of primary amides is 1. The van der Waals surface area contributed by atoms with Gasteiger partial charge in [-0.3, -0.25) is 4.79 Å². The van der Waals surface area contributed by atoms with Gasteiger partial charge in [0.25, 0.3) is 0 Å². The molecule has 2 rings (SSSR count). The zero-order chi connectivity index (χ0) is 14.5. The SMILES string of the molecule is COc1ccccc1C(Nc1cccc(F)c1)C(N)=O. The summed E-state index contributed by atoms with van der Waals surface area (Å²) in [4.78, 5) is 11.7. The van der Waals surface area contributed by atoms with Crippen LogP contribution in [0.2, 0.25) is 0 Å². The molecule has 0 aliphatic rings. The van der Waals surface area contributed by atoms with E-state index in [4.69, 9.17) is 10.5 Å². The first-order valence-electron chi connectivity index (χ1n) is 6.06. The van der Waals surface area contributed by atoms with Crippen LogP contribution >= 0.6 is 0 Å². The van der Waals surface area contributed by atoms with Crippen LogP contribution in [0.5, 0.6) is 5.75 Å². The number of carbonyl (C=O) groups is 1. The predicted octanol–water partition coefficient (Wildman–Crippen LogP) is 2.47. The molecule has 0 aliphatic carbocycles. The van der Waals surface area contributed by atoms with Crippen molar-refractivity contribution in [2.24, 2.45) is 5.73 Å². The van der Waals surface area contributed by atoms with Gasteiger partial charge in [0.05, 0.1) is 7.11 Å². The van der Waals surface area contributed by atoms with Crippen molar-refractivity contribution in [2.45, 2.75) is 6.04 Å². The molecule has 0 fully saturated rings. The number of rotatable bonds is 5. The third kappa shape index (κ3) is 3.06. The fourth-order valence-corrected chi connectivity index (χ4v) is 1.95. The molecule has 0 aromatic heterocycles. The molecule has 1 atom stereocenters. The lowest BCUT2D eigenvalue weighted by Crippen LogP contribution is -2.28. The molecular formula is C15H15FN2O2. The molecule has 0 aliphatic heterocycles. The smallest absolute Gasteiger partial charge is 0.244 e. The highest BCUT2D eigenvalue weighted by Crippen LogP contribution is 2.27. The van der Waals surface area contributed by atoms with Gasteiger partial charge in [-0.1, -0.05) is 24.3 Å². The van der Waals surface area contributed by atoms with Gasteiger partial charge in [-0.15, -0.1) is 0 Å². The second-order valence-electron chi connectivity index (χ2n) is 4.23. The minimum absolute atomic E-state index is 0.391. The summed E-state index contributed by atoms with van der Waals surface area (Å²) >= 11 is 0. The lowest BCUT2D eigenvalue weighted by molar-refractivity contribution is -0.118. The summed E-state index contributed by atoms with van der Waals surface area (Å²) in [6, 6.07) is 12.1. The van der Waals surface area contributed by atoms with Crippen LogP contribution in [0.25, 0.3) is 0 Å². The molecular weight excluding hydrogens is 259 g/mol. The van der Waals surface area contributed by atoms with E-state index in [1.807, 2.05) is 0 Å². The molecule has 0 heterocycles. The van der Waals surface area contributed by atoms with Crippen molar-refractivity contribution >= 4 is 11.6 Å². The number of hydrogen-bond donors (Lipinski definition) is 2. The number of para-hydroxylation sites is 1. The largest absolute Gasteiger partial charge is 0.496 e. The van der Waals surface area contributed by atoms with Crippen LogP contribution in [-0.2, 0) is 4.79 Å². The van der Waals surface area contributed by atoms with E-state index in [2.05, 4.69) is 5.32 Å². The molecule has 5 heteroatoms. The maximum Gasteiger partial charge on any atom is 0.244 e. The van der Waals surface area contributed by atoms with Gasteiger partial charge < -0.3 is 15.8 Å². The van der Waals surface area contributed by atoms with Crippen LogP contribution in [0, 0.1) is 5.82 Å². The van der Waals surface area contributed by atoms with Crippen molar-refractivity contribution in [3.05, 3.63) is 59.9 Å². The van der Waals surface area contributed by atoms with E-state index < -0.39 is 17.8 Å². The van der Waals surface area contributed by atoms with Gasteiger partial charge in [-0.2, -0.15) is 0 Å². The van der Waals surface area contributed by atoms with Gasteiger partial charge in [0.15, 0.2) is 0 Å². The summed E-state index contributed by atoms with van der Waals surface area (Å²) in [6.07, 6.45) is 0. The highest BCUT2D eigenvalue weighted by molar-refractivity contribution is 5.85. The van der Waals surface area contributed by atoms with Gasteiger partial charge in [-0.25, -0.2) is 4.39 Å². The fourth-order valence-electron chi connectivity index (χ4n) is 1.95. The highest BCUT2D eigenvalue weighted by atomic mass is 19.1. The van der Waals surface area contributed by atoms with E-state index in [1.165, 1.54) is 19.2 Å². The molecule has 1 amide bonds. The van der Waals surface area contributed by atoms with Gasteiger partial charge in [-0.05, 0) is 24.3 Å². The van der Waals surface area contributed by atoms with Crippen LogP contribution < -0.4 is 15.8 Å². The molecule has 20 heavy (non-hydrogen) atoms. The van der Waals surface area contributed by atoms with Crippen LogP contribution in [0.4, 0.5) is 10.1 Å². The number of halogens is 1. The third-order valence-corrected chi connectivity index (χ3v) is 2.87. The number of methoxy groups -OCH3 is 1. The molecule has 0 saturated heterocycles. The first-order chi connectivity index (χ1) is 9.61. The number of nitrogens with two attached hydrogens (primary N) is 1. The third-order valence-electron chi connectivity index (χ3n) is 2.87.